The Morgan fingerprint density at radius 3 is 2.59 bits per heavy atom. The highest BCUT2D eigenvalue weighted by Gasteiger charge is 2.27. The molecule has 0 saturated carbocycles. The quantitative estimate of drug-likeness (QED) is 0.781. The lowest BCUT2D eigenvalue weighted by Crippen LogP contribution is -2.50. The van der Waals surface area contributed by atoms with Gasteiger partial charge in [-0.05, 0) is 32.2 Å². The van der Waals surface area contributed by atoms with Crippen molar-refractivity contribution in [3.63, 3.8) is 0 Å². The van der Waals surface area contributed by atoms with Gasteiger partial charge < -0.3 is 10.2 Å². The molecule has 2 heterocycles. The molecule has 98 valence electrons. The first-order valence-electron chi connectivity index (χ1n) is 6.88. The minimum atomic E-state index is 0.331. The smallest absolute Gasteiger partial charge is 0.236 e. The van der Waals surface area contributed by atoms with Crippen molar-refractivity contribution in [3.8, 4) is 0 Å². The predicted molar refractivity (Wildman–Crippen MR) is 68.9 cm³/mol. The van der Waals surface area contributed by atoms with Crippen LogP contribution in [0.1, 0.15) is 26.2 Å². The van der Waals surface area contributed by atoms with Crippen LogP contribution in [-0.4, -0.2) is 61.5 Å². The van der Waals surface area contributed by atoms with Crippen molar-refractivity contribution in [1.82, 2.24) is 15.1 Å². The zero-order valence-electron chi connectivity index (χ0n) is 11.1. The van der Waals surface area contributed by atoms with Crippen molar-refractivity contribution in [3.05, 3.63) is 0 Å². The van der Waals surface area contributed by atoms with E-state index in [4.69, 9.17) is 0 Å². The summed E-state index contributed by atoms with van der Waals surface area (Å²) in [5, 5.41) is 3.36. The molecular formula is C13H25N3O. The molecule has 0 aromatic rings. The third-order valence-corrected chi connectivity index (χ3v) is 4.18. The van der Waals surface area contributed by atoms with Crippen LogP contribution >= 0.6 is 0 Å². The van der Waals surface area contributed by atoms with Crippen LogP contribution in [0.4, 0.5) is 0 Å². The summed E-state index contributed by atoms with van der Waals surface area (Å²) < 4.78 is 0. The van der Waals surface area contributed by atoms with Crippen molar-refractivity contribution < 1.29 is 4.79 Å². The minimum absolute atomic E-state index is 0.331. The molecule has 0 aromatic carbocycles. The van der Waals surface area contributed by atoms with Gasteiger partial charge in [0.2, 0.25) is 5.91 Å². The summed E-state index contributed by atoms with van der Waals surface area (Å²) in [5.74, 6) is 0.970. The first-order valence-corrected chi connectivity index (χ1v) is 6.88. The summed E-state index contributed by atoms with van der Waals surface area (Å²) in [6, 6.07) is 0.619. The van der Waals surface area contributed by atoms with E-state index in [2.05, 4.69) is 17.1 Å². The standard InChI is InChI=1S/C13H25N3O/c1-11-9-15(8-5-12(11)14-2)10-13(17)16-6-3-4-7-16/h11-12,14H,3-10H2,1-2H3. The van der Waals surface area contributed by atoms with Gasteiger partial charge in [0.05, 0.1) is 6.54 Å². The van der Waals surface area contributed by atoms with Gasteiger partial charge in [-0.3, -0.25) is 9.69 Å². The molecular weight excluding hydrogens is 214 g/mol. The Hall–Kier alpha value is -0.610. The van der Waals surface area contributed by atoms with Crippen LogP contribution in [0.25, 0.3) is 0 Å². The van der Waals surface area contributed by atoms with E-state index in [0.29, 0.717) is 24.4 Å². The number of nitrogens with zero attached hydrogens (tertiary/aromatic N) is 2. The van der Waals surface area contributed by atoms with Gasteiger partial charge in [0.25, 0.3) is 0 Å². The molecule has 0 spiro atoms. The van der Waals surface area contributed by atoms with E-state index in [9.17, 15) is 4.79 Å². The summed E-state index contributed by atoms with van der Waals surface area (Å²) in [7, 11) is 2.03. The van der Waals surface area contributed by atoms with Crippen LogP contribution in [0.15, 0.2) is 0 Å². The molecule has 2 aliphatic rings. The number of nitrogens with one attached hydrogen (secondary N) is 1. The maximum absolute atomic E-state index is 12.0. The highest BCUT2D eigenvalue weighted by molar-refractivity contribution is 5.78. The molecule has 1 amide bonds. The second kappa shape index (κ2) is 5.83. The molecule has 0 radical (unpaired) electrons. The molecule has 2 fully saturated rings. The molecule has 2 unspecified atom stereocenters. The number of piperidine rings is 1. The first kappa shape index (κ1) is 12.8. The van der Waals surface area contributed by atoms with Crippen molar-refractivity contribution >= 4 is 5.91 Å². The van der Waals surface area contributed by atoms with Gasteiger partial charge >= 0.3 is 0 Å². The van der Waals surface area contributed by atoms with Crippen molar-refractivity contribution in [2.75, 3.05) is 39.8 Å². The number of rotatable bonds is 3. The van der Waals surface area contributed by atoms with Crippen LogP contribution in [0.2, 0.25) is 0 Å². The lowest BCUT2D eigenvalue weighted by molar-refractivity contribution is -0.131. The molecule has 0 aliphatic carbocycles. The van der Waals surface area contributed by atoms with E-state index >= 15 is 0 Å². The van der Waals surface area contributed by atoms with Crippen molar-refractivity contribution in [2.45, 2.75) is 32.2 Å². The maximum atomic E-state index is 12.0. The Kier molecular flexibility index (Phi) is 4.40. The van der Waals surface area contributed by atoms with Gasteiger partial charge in [-0.15, -0.1) is 0 Å². The largest absolute Gasteiger partial charge is 0.342 e. The van der Waals surface area contributed by atoms with Crippen LogP contribution in [-0.2, 0) is 4.79 Å². The summed E-state index contributed by atoms with van der Waals surface area (Å²) in [6.07, 6.45) is 3.53. The number of amides is 1. The maximum Gasteiger partial charge on any atom is 0.236 e. The minimum Gasteiger partial charge on any atom is -0.342 e. The van der Waals surface area contributed by atoms with E-state index in [0.717, 1.165) is 32.6 Å². The topological polar surface area (TPSA) is 35.6 Å². The average Bonchev–Trinajstić information content (AvgIpc) is 2.82. The normalized spacial score (nSPS) is 30.8. The van der Waals surface area contributed by atoms with Crippen LogP contribution < -0.4 is 5.32 Å². The second-order valence-electron chi connectivity index (χ2n) is 5.48. The van der Waals surface area contributed by atoms with Crippen molar-refractivity contribution in [2.24, 2.45) is 5.92 Å². The highest BCUT2D eigenvalue weighted by Crippen LogP contribution is 2.17. The summed E-state index contributed by atoms with van der Waals surface area (Å²) >= 11 is 0. The molecule has 4 nitrogen and oxygen atoms in total. The number of hydrogen-bond donors (Lipinski definition) is 1. The van der Waals surface area contributed by atoms with E-state index < -0.39 is 0 Å². The van der Waals surface area contributed by atoms with E-state index in [-0.39, 0.29) is 0 Å². The Balaban J connectivity index is 1.78. The molecule has 0 aromatic heterocycles. The third-order valence-electron chi connectivity index (χ3n) is 4.18. The molecule has 2 saturated heterocycles. The predicted octanol–water partition coefficient (Wildman–Crippen LogP) is 0.539. The van der Waals surface area contributed by atoms with Gasteiger partial charge in [-0.25, -0.2) is 0 Å². The second-order valence-corrected chi connectivity index (χ2v) is 5.48. The highest BCUT2D eigenvalue weighted by atomic mass is 16.2. The van der Waals surface area contributed by atoms with Gasteiger partial charge in [0, 0.05) is 32.2 Å². The zero-order chi connectivity index (χ0) is 12.3. The zero-order valence-corrected chi connectivity index (χ0v) is 11.1. The van der Waals surface area contributed by atoms with Gasteiger partial charge in [-0.1, -0.05) is 6.92 Å². The lowest BCUT2D eigenvalue weighted by Gasteiger charge is -2.37. The molecule has 4 heteroatoms. The van der Waals surface area contributed by atoms with Gasteiger partial charge in [0.1, 0.15) is 0 Å². The Labute approximate surface area is 104 Å². The molecule has 1 N–H and O–H groups in total. The Bertz CT molecular complexity index is 263. The summed E-state index contributed by atoms with van der Waals surface area (Å²) in [5.41, 5.74) is 0. The van der Waals surface area contributed by atoms with E-state index in [1.807, 2.05) is 11.9 Å². The number of carbonyl (C=O) groups is 1. The first-order chi connectivity index (χ1) is 8.20. The van der Waals surface area contributed by atoms with Gasteiger partial charge in [-0.2, -0.15) is 0 Å². The number of likely N-dealkylation sites (tertiary alicyclic amines) is 2. The number of carbonyl (C=O) groups excluding carboxylic acids is 1. The molecule has 17 heavy (non-hydrogen) atoms. The van der Waals surface area contributed by atoms with E-state index in [1.165, 1.54) is 12.8 Å². The molecule has 2 atom stereocenters. The summed E-state index contributed by atoms with van der Waals surface area (Å²) in [6.45, 7) is 6.94. The Morgan fingerprint density at radius 1 is 1.29 bits per heavy atom. The fourth-order valence-corrected chi connectivity index (χ4v) is 3.06. The molecule has 2 rings (SSSR count). The van der Waals surface area contributed by atoms with Crippen molar-refractivity contribution in [1.29, 1.82) is 0 Å². The van der Waals surface area contributed by atoms with Crippen LogP contribution in [0.5, 0.6) is 0 Å². The third kappa shape index (κ3) is 3.19. The average molecular weight is 239 g/mol. The molecule has 2 aliphatic heterocycles. The molecule has 0 bridgehead atoms. The van der Waals surface area contributed by atoms with Crippen LogP contribution in [0.3, 0.4) is 0 Å². The lowest BCUT2D eigenvalue weighted by atomic mass is 9.94. The fourth-order valence-electron chi connectivity index (χ4n) is 3.06. The van der Waals surface area contributed by atoms with E-state index in [1.54, 1.807) is 0 Å². The monoisotopic (exact) mass is 239 g/mol. The summed E-state index contributed by atoms with van der Waals surface area (Å²) in [4.78, 5) is 16.4. The van der Waals surface area contributed by atoms with Gasteiger partial charge in [0.15, 0.2) is 0 Å². The number of hydrogen-bond acceptors (Lipinski definition) is 3. The SMILES string of the molecule is CNC1CCN(CC(=O)N2CCCC2)CC1C. The fraction of sp³-hybridized carbons (Fsp3) is 0.923. The van der Waals surface area contributed by atoms with Crippen LogP contribution in [0, 0.1) is 5.92 Å². The Morgan fingerprint density at radius 2 is 2.00 bits per heavy atom.